The first kappa shape index (κ1) is 11.0. The van der Waals surface area contributed by atoms with Crippen molar-refractivity contribution in [1.82, 2.24) is 4.31 Å². The second kappa shape index (κ2) is 3.22. The third-order valence-corrected chi connectivity index (χ3v) is 6.87. The van der Waals surface area contributed by atoms with Gasteiger partial charge in [0.25, 0.3) is 0 Å². The van der Waals surface area contributed by atoms with E-state index in [2.05, 4.69) is 13.8 Å². The van der Waals surface area contributed by atoms with Crippen molar-refractivity contribution in [1.29, 1.82) is 0 Å². The van der Waals surface area contributed by atoms with E-state index in [1.165, 1.54) is 12.8 Å². The molecule has 3 fully saturated rings. The maximum Gasteiger partial charge on any atom is 0.217 e. The summed E-state index contributed by atoms with van der Waals surface area (Å²) < 4.78 is 26.5. The van der Waals surface area contributed by atoms with Gasteiger partial charge in [0.1, 0.15) is 0 Å². The van der Waals surface area contributed by atoms with E-state index in [9.17, 15) is 8.42 Å². The molecule has 2 aliphatic carbocycles. The maximum atomic E-state index is 12.4. The third kappa shape index (κ3) is 1.46. The first-order valence-electron chi connectivity index (χ1n) is 6.43. The summed E-state index contributed by atoms with van der Waals surface area (Å²) in [6, 6.07) is 0.304. The summed E-state index contributed by atoms with van der Waals surface area (Å²) in [5, 5.41) is -0.0511. The first-order valence-corrected chi connectivity index (χ1v) is 7.94. The minimum Gasteiger partial charge on any atom is -0.212 e. The molecule has 0 bridgehead atoms. The molecule has 2 saturated carbocycles. The zero-order valence-corrected chi connectivity index (χ0v) is 11.0. The summed E-state index contributed by atoms with van der Waals surface area (Å²) in [5.41, 5.74) is 0.206. The molecule has 4 heteroatoms. The number of nitrogens with zero attached hydrogens (tertiary/aromatic N) is 1. The van der Waals surface area contributed by atoms with Crippen LogP contribution in [0.2, 0.25) is 0 Å². The fourth-order valence-corrected chi connectivity index (χ4v) is 5.86. The van der Waals surface area contributed by atoms with Crippen molar-refractivity contribution in [2.75, 3.05) is 6.54 Å². The largest absolute Gasteiger partial charge is 0.217 e. The van der Waals surface area contributed by atoms with Crippen LogP contribution in [0.1, 0.15) is 46.0 Å². The molecule has 3 rings (SSSR count). The molecule has 92 valence electrons. The van der Waals surface area contributed by atoms with E-state index in [0.29, 0.717) is 12.0 Å². The molecule has 16 heavy (non-hydrogen) atoms. The SMILES string of the molecule is CC1(C)CN(S(=O)(=O)C2CCC2)C1C1CC1. The monoisotopic (exact) mass is 243 g/mol. The van der Waals surface area contributed by atoms with Crippen LogP contribution in [0.5, 0.6) is 0 Å². The maximum absolute atomic E-state index is 12.4. The highest BCUT2D eigenvalue weighted by atomic mass is 32.2. The van der Waals surface area contributed by atoms with Crippen LogP contribution in [-0.2, 0) is 10.0 Å². The van der Waals surface area contributed by atoms with Crippen molar-refractivity contribution < 1.29 is 8.42 Å². The van der Waals surface area contributed by atoms with Gasteiger partial charge in [-0.2, -0.15) is 4.31 Å². The lowest BCUT2D eigenvalue weighted by Gasteiger charge is -2.55. The fraction of sp³-hybridized carbons (Fsp3) is 1.00. The van der Waals surface area contributed by atoms with Gasteiger partial charge in [0.2, 0.25) is 10.0 Å². The van der Waals surface area contributed by atoms with Gasteiger partial charge in [-0.1, -0.05) is 20.3 Å². The van der Waals surface area contributed by atoms with E-state index in [1.54, 1.807) is 0 Å². The van der Waals surface area contributed by atoms with Crippen molar-refractivity contribution in [3.63, 3.8) is 0 Å². The Morgan fingerprint density at radius 2 is 1.75 bits per heavy atom. The minimum absolute atomic E-state index is 0.0511. The van der Waals surface area contributed by atoms with Gasteiger partial charge < -0.3 is 0 Å². The molecule has 1 unspecified atom stereocenters. The van der Waals surface area contributed by atoms with Crippen LogP contribution in [0.15, 0.2) is 0 Å². The van der Waals surface area contributed by atoms with Gasteiger partial charge in [-0.15, -0.1) is 0 Å². The van der Waals surface area contributed by atoms with Crippen LogP contribution >= 0.6 is 0 Å². The summed E-state index contributed by atoms with van der Waals surface area (Å²) in [4.78, 5) is 0. The van der Waals surface area contributed by atoms with Crippen LogP contribution in [0, 0.1) is 11.3 Å². The van der Waals surface area contributed by atoms with Crippen LogP contribution in [0.25, 0.3) is 0 Å². The molecule has 1 aliphatic heterocycles. The summed E-state index contributed by atoms with van der Waals surface area (Å²) in [6.07, 6.45) is 5.32. The molecule has 0 amide bonds. The molecule has 3 aliphatic rings. The average Bonchev–Trinajstić information content (AvgIpc) is 2.80. The Kier molecular flexibility index (Phi) is 2.22. The van der Waals surface area contributed by atoms with Gasteiger partial charge in [-0.3, -0.25) is 0 Å². The third-order valence-electron chi connectivity index (χ3n) is 4.54. The number of sulfonamides is 1. The summed E-state index contributed by atoms with van der Waals surface area (Å²) in [7, 11) is -2.96. The fourth-order valence-electron chi connectivity index (χ4n) is 3.26. The molecular formula is C12H21NO2S. The topological polar surface area (TPSA) is 37.4 Å². The smallest absolute Gasteiger partial charge is 0.212 e. The van der Waals surface area contributed by atoms with Crippen molar-refractivity contribution in [3.05, 3.63) is 0 Å². The quantitative estimate of drug-likeness (QED) is 0.760. The van der Waals surface area contributed by atoms with Crippen LogP contribution in [-0.4, -0.2) is 30.6 Å². The van der Waals surface area contributed by atoms with Crippen molar-refractivity contribution in [3.8, 4) is 0 Å². The number of hydrogen-bond donors (Lipinski definition) is 0. The van der Waals surface area contributed by atoms with E-state index in [-0.39, 0.29) is 10.7 Å². The van der Waals surface area contributed by atoms with Gasteiger partial charge in [-0.05, 0) is 37.0 Å². The van der Waals surface area contributed by atoms with Crippen molar-refractivity contribution in [2.45, 2.75) is 57.2 Å². The van der Waals surface area contributed by atoms with Crippen LogP contribution in [0.4, 0.5) is 0 Å². The van der Waals surface area contributed by atoms with Gasteiger partial charge in [0.05, 0.1) is 5.25 Å². The second-order valence-electron chi connectivity index (χ2n) is 6.41. The zero-order valence-electron chi connectivity index (χ0n) is 10.1. The van der Waals surface area contributed by atoms with Gasteiger partial charge in [0, 0.05) is 12.6 Å². The average molecular weight is 243 g/mol. The highest BCUT2D eigenvalue weighted by molar-refractivity contribution is 7.89. The Balaban J connectivity index is 1.80. The summed E-state index contributed by atoms with van der Waals surface area (Å²) in [5.74, 6) is 0.651. The van der Waals surface area contributed by atoms with E-state index < -0.39 is 10.0 Å². The molecule has 1 atom stereocenters. The zero-order chi connectivity index (χ0) is 11.6. The second-order valence-corrected chi connectivity index (χ2v) is 8.58. The normalized spacial score (nSPS) is 35.5. The number of rotatable bonds is 3. The van der Waals surface area contributed by atoms with Crippen LogP contribution < -0.4 is 0 Å². The van der Waals surface area contributed by atoms with Crippen molar-refractivity contribution in [2.24, 2.45) is 11.3 Å². The van der Waals surface area contributed by atoms with Crippen molar-refractivity contribution >= 4 is 10.0 Å². The van der Waals surface area contributed by atoms with Gasteiger partial charge in [-0.25, -0.2) is 8.42 Å². The molecule has 0 radical (unpaired) electrons. The molecule has 0 aromatic heterocycles. The lowest BCUT2D eigenvalue weighted by Crippen LogP contribution is -2.66. The summed E-state index contributed by atoms with van der Waals surface area (Å²) >= 11 is 0. The molecule has 3 nitrogen and oxygen atoms in total. The lowest BCUT2D eigenvalue weighted by atomic mass is 9.75. The Labute approximate surface area is 98.3 Å². The predicted octanol–water partition coefficient (Wildman–Crippen LogP) is 1.99. The molecule has 0 aromatic carbocycles. The predicted molar refractivity (Wildman–Crippen MR) is 63.6 cm³/mol. The Morgan fingerprint density at radius 3 is 2.12 bits per heavy atom. The van der Waals surface area contributed by atoms with Gasteiger partial charge in [0.15, 0.2) is 0 Å². The molecule has 1 heterocycles. The molecule has 1 saturated heterocycles. The van der Waals surface area contributed by atoms with Crippen LogP contribution in [0.3, 0.4) is 0 Å². The first-order chi connectivity index (χ1) is 7.43. The van der Waals surface area contributed by atoms with E-state index >= 15 is 0 Å². The Bertz CT molecular complexity index is 393. The van der Waals surface area contributed by atoms with E-state index in [1.807, 2.05) is 4.31 Å². The Morgan fingerprint density at radius 1 is 1.12 bits per heavy atom. The molecular weight excluding hydrogens is 222 g/mol. The summed E-state index contributed by atoms with van der Waals surface area (Å²) in [6.45, 7) is 5.17. The van der Waals surface area contributed by atoms with E-state index in [0.717, 1.165) is 25.8 Å². The molecule has 0 spiro atoms. The standard InChI is InChI=1S/C12H21NO2S/c1-12(2)8-13(11(12)9-6-7-9)16(14,15)10-4-3-5-10/h9-11H,3-8H2,1-2H3. The van der Waals surface area contributed by atoms with Gasteiger partial charge >= 0.3 is 0 Å². The molecule has 0 aromatic rings. The van der Waals surface area contributed by atoms with E-state index in [4.69, 9.17) is 0 Å². The number of hydrogen-bond acceptors (Lipinski definition) is 2. The highest BCUT2D eigenvalue weighted by Crippen LogP contribution is 2.52. The Hall–Kier alpha value is -0.0900. The molecule has 0 N–H and O–H groups in total. The minimum atomic E-state index is -2.96. The highest BCUT2D eigenvalue weighted by Gasteiger charge is 2.58. The lowest BCUT2D eigenvalue weighted by molar-refractivity contribution is 0.00454.